The molecule has 2 heterocycles. The van der Waals surface area contributed by atoms with Gasteiger partial charge in [0, 0.05) is 29.1 Å². The predicted octanol–water partition coefficient (Wildman–Crippen LogP) is 3.05. The number of hydrogen-bond donors (Lipinski definition) is 3. The maximum Gasteiger partial charge on any atom is 0.573 e. The molecule has 2 aromatic rings. The molecule has 1 aromatic heterocycles. The standard InChI is InChI=1S/C21H18F3N3O6S/c1-27-8-7-14(28)18(19(27)31)26-20(32)25-13(10-17(29)30)16-6-5-15(34-16)11-3-2-4-12(9-11)33-21(22,23)24/h2-9,13,18H,10H2,1H3,(H,29,30)(H2,25,26,32). The maximum absolute atomic E-state index is 12.5. The molecule has 9 nitrogen and oxygen atoms in total. The fraction of sp³-hybridized carbons (Fsp3) is 0.238. The van der Waals surface area contributed by atoms with Crippen molar-refractivity contribution >= 4 is 35.0 Å². The molecule has 0 saturated carbocycles. The molecule has 180 valence electrons. The smallest absolute Gasteiger partial charge is 0.481 e. The quantitative estimate of drug-likeness (QED) is 0.505. The third kappa shape index (κ3) is 6.34. The molecule has 2 atom stereocenters. The van der Waals surface area contributed by atoms with Crippen LogP contribution in [0.3, 0.4) is 0 Å². The lowest BCUT2D eigenvalue weighted by molar-refractivity contribution is -0.274. The molecule has 0 fully saturated rings. The first kappa shape index (κ1) is 24.8. The highest BCUT2D eigenvalue weighted by Gasteiger charge is 2.33. The number of alkyl halides is 3. The van der Waals surface area contributed by atoms with Gasteiger partial charge in [-0.1, -0.05) is 12.1 Å². The summed E-state index contributed by atoms with van der Waals surface area (Å²) in [5.74, 6) is -2.93. The molecule has 3 amide bonds. The normalized spacial score (nSPS) is 16.8. The number of carboxylic acids is 1. The average Bonchev–Trinajstić information content (AvgIpc) is 3.22. The van der Waals surface area contributed by atoms with Gasteiger partial charge in [0.1, 0.15) is 5.75 Å². The Labute approximate surface area is 194 Å². The lowest BCUT2D eigenvalue weighted by atomic mass is 10.1. The fourth-order valence-electron chi connectivity index (χ4n) is 3.08. The van der Waals surface area contributed by atoms with E-state index < -0.39 is 54.3 Å². The summed E-state index contributed by atoms with van der Waals surface area (Å²) in [4.78, 5) is 49.9. The molecule has 1 aliphatic heterocycles. The Kier molecular flexibility index (Phi) is 7.25. The summed E-state index contributed by atoms with van der Waals surface area (Å²) >= 11 is 1.06. The van der Waals surface area contributed by atoms with Gasteiger partial charge in [0.2, 0.25) is 0 Å². The minimum atomic E-state index is -4.85. The van der Waals surface area contributed by atoms with Gasteiger partial charge in [-0.15, -0.1) is 24.5 Å². The van der Waals surface area contributed by atoms with Crippen molar-refractivity contribution in [2.45, 2.75) is 24.9 Å². The maximum atomic E-state index is 12.5. The molecular weight excluding hydrogens is 479 g/mol. The van der Waals surface area contributed by atoms with Crippen LogP contribution in [0.2, 0.25) is 0 Å². The Balaban J connectivity index is 1.77. The Morgan fingerprint density at radius 2 is 1.97 bits per heavy atom. The van der Waals surface area contributed by atoms with Crippen molar-refractivity contribution in [3.05, 3.63) is 53.6 Å². The largest absolute Gasteiger partial charge is 0.573 e. The van der Waals surface area contributed by atoms with Gasteiger partial charge >= 0.3 is 18.4 Å². The second kappa shape index (κ2) is 9.95. The summed E-state index contributed by atoms with van der Waals surface area (Å²) in [6.07, 6.45) is -2.98. The van der Waals surface area contributed by atoms with Crippen molar-refractivity contribution in [1.29, 1.82) is 0 Å². The van der Waals surface area contributed by atoms with E-state index in [-0.39, 0.29) is 0 Å². The molecule has 0 aliphatic carbocycles. The summed E-state index contributed by atoms with van der Waals surface area (Å²) < 4.78 is 41.4. The van der Waals surface area contributed by atoms with Gasteiger partial charge in [-0.05, 0) is 29.8 Å². The van der Waals surface area contributed by atoms with E-state index in [0.717, 1.165) is 28.4 Å². The number of hydrogen-bond acceptors (Lipinski definition) is 6. The number of likely N-dealkylation sites (N-methyl/N-ethyl adjacent to an activating group) is 1. The fourth-order valence-corrected chi connectivity index (χ4v) is 4.14. The van der Waals surface area contributed by atoms with Crippen molar-refractivity contribution < 1.29 is 42.2 Å². The number of aliphatic carboxylic acids is 1. The highest BCUT2D eigenvalue weighted by atomic mass is 32.1. The van der Waals surface area contributed by atoms with Gasteiger partial charge in [0.25, 0.3) is 5.91 Å². The zero-order valence-electron chi connectivity index (χ0n) is 17.5. The van der Waals surface area contributed by atoms with Crippen molar-refractivity contribution in [2.24, 2.45) is 0 Å². The van der Waals surface area contributed by atoms with Gasteiger partial charge in [0.15, 0.2) is 11.8 Å². The molecule has 1 aliphatic rings. The minimum Gasteiger partial charge on any atom is -0.481 e. The van der Waals surface area contributed by atoms with Crippen molar-refractivity contribution in [2.75, 3.05) is 7.05 Å². The molecular formula is C21H18F3N3O6S. The topological polar surface area (TPSA) is 125 Å². The monoisotopic (exact) mass is 497 g/mol. The van der Waals surface area contributed by atoms with Crippen molar-refractivity contribution in [3.8, 4) is 16.2 Å². The number of nitrogens with zero attached hydrogens (tertiary/aromatic N) is 1. The Morgan fingerprint density at radius 3 is 2.65 bits per heavy atom. The number of thiophene rings is 1. The van der Waals surface area contributed by atoms with E-state index in [2.05, 4.69) is 15.4 Å². The second-order valence-corrected chi connectivity index (χ2v) is 8.26. The van der Waals surface area contributed by atoms with Crippen LogP contribution in [0.1, 0.15) is 17.3 Å². The number of nitrogens with one attached hydrogen (secondary N) is 2. The number of carbonyl (C=O) groups excluding carboxylic acids is 3. The number of ketones is 1. The van der Waals surface area contributed by atoms with Crippen molar-refractivity contribution in [1.82, 2.24) is 15.5 Å². The number of urea groups is 1. The first-order valence-corrected chi connectivity index (χ1v) is 10.5. The molecule has 1 aromatic carbocycles. The van der Waals surface area contributed by atoms with Gasteiger partial charge in [-0.3, -0.25) is 14.4 Å². The van der Waals surface area contributed by atoms with Crippen molar-refractivity contribution in [3.63, 3.8) is 0 Å². The van der Waals surface area contributed by atoms with E-state index >= 15 is 0 Å². The van der Waals surface area contributed by atoms with Crippen LogP contribution in [0, 0.1) is 0 Å². The van der Waals surface area contributed by atoms with Crippen LogP contribution in [0.5, 0.6) is 5.75 Å². The zero-order chi connectivity index (χ0) is 25.0. The second-order valence-electron chi connectivity index (χ2n) is 7.15. The number of halogens is 3. The predicted molar refractivity (Wildman–Crippen MR) is 114 cm³/mol. The van der Waals surface area contributed by atoms with Gasteiger partial charge in [-0.25, -0.2) is 4.79 Å². The van der Waals surface area contributed by atoms with E-state index in [9.17, 15) is 37.5 Å². The zero-order valence-corrected chi connectivity index (χ0v) is 18.3. The van der Waals surface area contributed by atoms with Crippen LogP contribution in [0.25, 0.3) is 10.4 Å². The SMILES string of the molecule is CN1C=CC(=O)C(NC(=O)NC(CC(=O)O)c2ccc(-c3cccc(OC(F)(F)F)c3)s2)C1=O. The van der Waals surface area contributed by atoms with Crippen LogP contribution in [0.4, 0.5) is 18.0 Å². The number of ether oxygens (including phenoxy) is 1. The van der Waals surface area contributed by atoms with E-state index in [1.165, 1.54) is 31.4 Å². The third-order valence-electron chi connectivity index (χ3n) is 4.62. The number of amides is 3. The Bertz CT molecular complexity index is 1150. The van der Waals surface area contributed by atoms with E-state index in [4.69, 9.17) is 0 Å². The first-order valence-electron chi connectivity index (χ1n) is 9.66. The minimum absolute atomic E-state index is 0.393. The summed E-state index contributed by atoms with van der Waals surface area (Å²) in [6, 6.07) is 4.93. The Hall–Kier alpha value is -3.87. The van der Waals surface area contributed by atoms with E-state index in [1.54, 1.807) is 12.1 Å². The number of rotatable bonds is 7. The molecule has 0 radical (unpaired) electrons. The molecule has 2 unspecified atom stereocenters. The van der Waals surface area contributed by atoms with Crippen LogP contribution in [0.15, 0.2) is 48.7 Å². The lowest BCUT2D eigenvalue weighted by Gasteiger charge is -2.25. The number of carbonyl (C=O) groups is 4. The molecule has 3 rings (SSSR count). The molecule has 0 spiro atoms. The highest BCUT2D eigenvalue weighted by molar-refractivity contribution is 7.15. The number of carboxylic acid groups (broad SMARTS) is 1. The summed E-state index contributed by atoms with van der Waals surface area (Å²) in [7, 11) is 1.41. The highest BCUT2D eigenvalue weighted by Crippen LogP contribution is 2.35. The van der Waals surface area contributed by atoms with Crippen LogP contribution >= 0.6 is 11.3 Å². The average molecular weight is 497 g/mol. The van der Waals surface area contributed by atoms with E-state index in [0.29, 0.717) is 15.3 Å². The molecule has 0 saturated heterocycles. The van der Waals surface area contributed by atoms with E-state index in [1.807, 2.05) is 0 Å². The molecule has 0 bridgehead atoms. The first-order chi connectivity index (χ1) is 15.9. The van der Waals surface area contributed by atoms with Gasteiger partial charge < -0.3 is 25.4 Å². The van der Waals surface area contributed by atoms with Crippen LogP contribution in [-0.4, -0.2) is 53.1 Å². The third-order valence-corrected chi connectivity index (χ3v) is 5.87. The summed E-state index contributed by atoms with van der Waals surface area (Å²) in [5, 5.41) is 13.9. The molecule has 34 heavy (non-hydrogen) atoms. The molecule has 3 N–H and O–H groups in total. The molecule has 13 heteroatoms. The summed E-state index contributed by atoms with van der Waals surface area (Å²) in [6.45, 7) is 0. The van der Waals surface area contributed by atoms with Crippen LogP contribution < -0.4 is 15.4 Å². The van der Waals surface area contributed by atoms with Gasteiger partial charge in [-0.2, -0.15) is 0 Å². The van der Waals surface area contributed by atoms with Gasteiger partial charge in [0.05, 0.1) is 12.5 Å². The summed E-state index contributed by atoms with van der Waals surface area (Å²) in [5.41, 5.74) is 0.393. The van der Waals surface area contributed by atoms with Crippen LogP contribution in [-0.2, 0) is 14.4 Å². The lowest BCUT2D eigenvalue weighted by Crippen LogP contribution is -2.55. The number of benzene rings is 1. The Morgan fingerprint density at radius 1 is 1.24 bits per heavy atom.